The van der Waals surface area contributed by atoms with Gasteiger partial charge in [0.1, 0.15) is 16.5 Å². The number of halogens is 2. The molecule has 0 aliphatic carbocycles. The van der Waals surface area contributed by atoms with Crippen molar-refractivity contribution in [3.05, 3.63) is 39.9 Å². The minimum atomic E-state index is -0.316. The number of thiophene rings is 1. The zero-order valence-electron chi connectivity index (χ0n) is 10.0. The van der Waals surface area contributed by atoms with Crippen molar-refractivity contribution in [2.75, 3.05) is 10.7 Å². The van der Waals surface area contributed by atoms with Crippen LogP contribution in [0.25, 0.3) is 10.2 Å². The van der Waals surface area contributed by atoms with E-state index in [0.717, 1.165) is 10.2 Å². The predicted molar refractivity (Wildman–Crippen MR) is 82.6 cm³/mol. The molecule has 0 aliphatic rings. The molecule has 8 heteroatoms. The Bertz CT molecular complexity index is 776. The van der Waals surface area contributed by atoms with Gasteiger partial charge in [-0.1, -0.05) is 0 Å². The van der Waals surface area contributed by atoms with Gasteiger partial charge in [-0.25, -0.2) is 15.2 Å². The number of hydrogen-bond acceptors (Lipinski definition) is 6. The second kappa shape index (κ2) is 5.31. The standard InChI is InChI=1S/C12H9BrFN5S/c13-8-5-6(1-2-9(8)14)16-10-7-3-4-20-11(7)18-12(17-10)19-15/h1-5H,15H2,(H2,16,17,18,19). The zero-order valence-corrected chi connectivity index (χ0v) is 12.4. The lowest BCUT2D eigenvalue weighted by Gasteiger charge is -2.09. The van der Waals surface area contributed by atoms with Gasteiger partial charge in [-0.2, -0.15) is 4.98 Å². The second-order valence-electron chi connectivity index (χ2n) is 3.93. The highest BCUT2D eigenvalue weighted by Gasteiger charge is 2.09. The Morgan fingerprint density at radius 1 is 1.25 bits per heavy atom. The number of rotatable bonds is 3. The first-order chi connectivity index (χ1) is 9.67. The first kappa shape index (κ1) is 13.2. The highest BCUT2D eigenvalue weighted by molar-refractivity contribution is 9.10. The fourth-order valence-electron chi connectivity index (χ4n) is 1.73. The molecule has 0 atom stereocenters. The maximum atomic E-state index is 13.2. The third kappa shape index (κ3) is 2.45. The van der Waals surface area contributed by atoms with E-state index in [2.05, 4.69) is 36.6 Å². The number of nitrogen functional groups attached to an aromatic ring is 1. The van der Waals surface area contributed by atoms with Crippen molar-refractivity contribution < 1.29 is 4.39 Å². The highest BCUT2D eigenvalue weighted by atomic mass is 79.9. The monoisotopic (exact) mass is 353 g/mol. The molecule has 5 nitrogen and oxygen atoms in total. The summed E-state index contributed by atoms with van der Waals surface area (Å²) in [6.07, 6.45) is 0. The van der Waals surface area contributed by atoms with Crippen molar-refractivity contribution in [2.45, 2.75) is 0 Å². The van der Waals surface area contributed by atoms with Crippen LogP contribution in [-0.2, 0) is 0 Å². The van der Waals surface area contributed by atoms with Crippen molar-refractivity contribution in [2.24, 2.45) is 5.84 Å². The van der Waals surface area contributed by atoms with E-state index in [0.29, 0.717) is 21.9 Å². The summed E-state index contributed by atoms with van der Waals surface area (Å²) in [4.78, 5) is 9.34. The normalized spacial score (nSPS) is 10.8. The molecule has 4 N–H and O–H groups in total. The van der Waals surface area contributed by atoms with Crippen molar-refractivity contribution in [1.29, 1.82) is 0 Å². The fourth-order valence-corrected chi connectivity index (χ4v) is 2.87. The Hall–Kier alpha value is -1.77. The summed E-state index contributed by atoms with van der Waals surface area (Å²) < 4.78 is 13.6. The molecule has 20 heavy (non-hydrogen) atoms. The average Bonchev–Trinajstić information content (AvgIpc) is 2.91. The van der Waals surface area contributed by atoms with E-state index in [1.54, 1.807) is 12.1 Å². The summed E-state index contributed by atoms with van der Waals surface area (Å²) >= 11 is 4.64. The molecule has 2 aromatic heterocycles. The summed E-state index contributed by atoms with van der Waals surface area (Å²) in [6.45, 7) is 0. The molecule has 0 amide bonds. The molecular weight excluding hydrogens is 345 g/mol. The number of anilines is 3. The van der Waals surface area contributed by atoms with Crippen LogP contribution < -0.4 is 16.6 Å². The molecular formula is C12H9BrFN5S. The van der Waals surface area contributed by atoms with Crippen LogP contribution in [0, 0.1) is 5.82 Å². The highest BCUT2D eigenvalue weighted by Crippen LogP contribution is 2.29. The van der Waals surface area contributed by atoms with Crippen molar-refractivity contribution in [1.82, 2.24) is 9.97 Å². The van der Waals surface area contributed by atoms with Gasteiger partial charge in [-0.15, -0.1) is 11.3 Å². The second-order valence-corrected chi connectivity index (χ2v) is 5.68. The van der Waals surface area contributed by atoms with E-state index in [4.69, 9.17) is 5.84 Å². The van der Waals surface area contributed by atoms with Gasteiger partial charge >= 0.3 is 0 Å². The summed E-state index contributed by atoms with van der Waals surface area (Å²) in [6, 6.07) is 6.57. The van der Waals surface area contributed by atoms with Crippen LogP contribution in [-0.4, -0.2) is 9.97 Å². The number of fused-ring (bicyclic) bond motifs is 1. The number of hydrogen-bond donors (Lipinski definition) is 3. The number of aromatic nitrogens is 2. The molecule has 0 saturated carbocycles. The van der Waals surface area contributed by atoms with Gasteiger partial charge in [0.05, 0.1) is 9.86 Å². The number of benzene rings is 1. The Kier molecular flexibility index (Phi) is 3.51. The Morgan fingerprint density at radius 2 is 2.10 bits per heavy atom. The van der Waals surface area contributed by atoms with E-state index < -0.39 is 0 Å². The minimum Gasteiger partial charge on any atom is -0.339 e. The molecule has 0 bridgehead atoms. The zero-order chi connectivity index (χ0) is 14.1. The quantitative estimate of drug-likeness (QED) is 0.495. The summed E-state index contributed by atoms with van der Waals surface area (Å²) in [7, 11) is 0. The lowest BCUT2D eigenvalue weighted by atomic mass is 10.3. The predicted octanol–water partition coefficient (Wildman–Crippen LogP) is 3.62. The molecule has 3 rings (SSSR count). The van der Waals surface area contributed by atoms with E-state index in [1.165, 1.54) is 17.4 Å². The molecule has 3 aromatic rings. The summed E-state index contributed by atoms with van der Waals surface area (Å²) in [5, 5.41) is 5.94. The Labute approximate surface area is 126 Å². The lowest BCUT2D eigenvalue weighted by Crippen LogP contribution is -2.11. The molecule has 0 aliphatic heterocycles. The topological polar surface area (TPSA) is 75.9 Å². The maximum Gasteiger partial charge on any atom is 0.240 e. The van der Waals surface area contributed by atoms with Crippen LogP contribution >= 0.6 is 27.3 Å². The van der Waals surface area contributed by atoms with Gasteiger partial charge in [0.15, 0.2) is 0 Å². The Morgan fingerprint density at radius 3 is 2.85 bits per heavy atom. The van der Waals surface area contributed by atoms with Crippen LogP contribution in [0.1, 0.15) is 0 Å². The van der Waals surface area contributed by atoms with Crippen LogP contribution in [0.5, 0.6) is 0 Å². The number of nitrogens with zero attached hydrogens (tertiary/aromatic N) is 2. The SMILES string of the molecule is NNc1nc(Nc2ccc(F)c(Br)c2)c2ccsc2n1. The van der Waals surface area contributed by atoms with Gasteiger partial charge in [0, 0.05) is 5.69 Å². The van der Waals surface area contributed by atoms with Crippen molar-refractivity contribution in [3.63, 3.8) is 0 Å². The molecule has 1 aromatic carbocycles. The van der Waals surface area contributed by atoms with Crippen LogP contribution in [0.2, 0.25) is 0 Å². The smallest absolute Gasteiger partial charge is 0.240 e. The van der Waals surface area contributed by atoms with E-state index >= 15 is 0 Å². The summed E-state index contributed by atoms with van der Waals surface area (Å²) in [5.41, 5.74) is 3.15. The molecule has 2 heterocycles. The first-order valence-corrected chi connectivity index (χ1v) is 7.28. The molecule has 0 spiro atoms. The average molecular weight is 354 g/mol. The van der Waals surface area contributed by atoms with E-state index in [9.17, 15) is 4.39 Å². The van der Waals surface area contributed by atoms with Crippen molar-refractivity contribution >= 4 is 54.9 Å². The third-order valence-electron chi connectivity index (χ3n) is 2.64. The van der Waals surface area contributed by atoms with Gasteiger partial charge in [0.2, 0.25) is 5.95 Å². The number of nitrogens with two attached hydrogens (primary N) is 1. The van der Waals surface area contributed by atoms with Crippen molar-refractivity contribution in [3.8, 4) is 0 Å². The maximum absolute atomic E-state index is 13.2. The first-order valence-electron chi connectivity index (χ1n) is 5.61. The fraction of sp³-hybridized carbons (Fsp3) is 0. The van der Waals surface area contributed by atoms with Gasteiger partial charge in [0.25, 0.3) is 0 Å². The Balaban J connectivity index is 2.04. The van der Waals surface area contributed by atoms with Crippen LogP contribution in [0.3, 0.4) is 0 Å². The lowest BCUT2D eigenvalue weighted by molar-refractivity contribution is 0.621. The molecule has 102 valence electrons. The van der Waals surface area contributed by atoms with Gasteiger partial charge in [-0.05, 0) is 45.6 Å². The molecule has 0 radical (unpaired) electrons. The van der Waals surface area contributed by atoms with E-state index in [1.807, 2.05) is 11.4 Å². The number of nitrogens with one attached hydrogen (secondary N) is 2. The molecule has 0 unspecified atom stereocenters. The van der Waals surface area contributed by atoms with Gasteiger partial charge < -0.3 is 5.32 Å². The summed E-state index contributed by atoms with van der Waals surface area (Å²) in [5.74, 6) is 5.98. The number of hydrazine groups is 1. The van der Waals surface area contributed by atoms with Crippen LogP contribution in [0.4, 0.5) is 21.8 Å². The third-order valence-corrected chi connectivity index (χ3v) is 4.05. The minimum absolute atomic E-state index is 0.316. The van der Waals surface area contributed by atoms with Crippen LogP contribution in [0.15, 0.2) is 34.1 Å². The van der Waals surface area contributed by atoms with E-state index in [-0.39, 0.29) is 5.82 Å². The molecule has 0 fully saturated rings. The molecule has 0 saturated heterocycles. The van der Waals surface area contributed by atoms with Gasteiger partial charge in [-0.3, -0.25) is 5.43 Å². The largest absolute Gasteiger partial charge is 0.339 e.